The Labute approximate surface area is 105 Å². The van der Waals surface area contributed by atoms with E-state index in [9.17, 15) is 0 Å². The Kier molecular flexibility index (Phi) is 4.60. The minimum Gasteiger partial charge on any atom is -0.263 e. The fourth-order valence-electron chi connectivity index (χ4n) is 1.54. The Morgan fingerprint density at radius 1 is 1.47 bits per heavy atom. The molecule has 1 unspecified atom stereocenters. The molecule has 1 rings (SSSR count). The van der Waals surface area contributed by atoms with E-state index in [-0.39, 0.29) is 0 Å². The van der Waals surface area contributed by atoms with E-state index >= 15 is 0 Å². The van der Waals surface area contributed by atoms with Crippen LogP contribution in [0.5, 0.6) is 0 Å². The van der Waals surface area contributed by atoms with Crippen LogP contribution in [0.2, 0.25) is 5.02 Å². The number of nitrogens with zero attached hydrogens (tertiary/aromatic N) is 1. The van der Waals surface area contributed by atoms with E-state index in [4.69, 9.17) is 11.6 Å². The molecule has 0 aliphatic carbocycles. The Bertz CT molecular complexity index is 320. The summed E-state index contributed by atoms with van der Waals surface area (Å²) >= 11 is 9.76. The van der Waals surface area contributed by atoms with Crippen LogP contribution in [0.15, 0.2) is 18.5 Å². The molecule has 15 heavy (non-hydrogen) atoms. The molecule has 0 saturated heterocycles. The highest BCUT2D eigenvalue weighted by Crippen LogP contribution is 2.28. The summed E-state index contributed by atoms with van der Waals surface area (Å²) in [7, 11) is 0. The maximum atomic E-state index is 6.06. The van der Waals surface area contributed by atoms with Crippen LogP contribution in [0.25, 0.3) is 0 Å². The van der Waals surface area contributed by atoms with Gasteiger partial charge in [0, 0.05) is 17.2 Å². The number of aromatic nitrogens is 1. The molecule has 0 aliphatic rings. The van der Waals surface area contributed by atoms with Gasteiger partial charge in [0.1, 0.15) is 0 Å². The van der Waals surface area contributed by atoms with Crippen LogP contribution in [-0.2, 0) is 6.42 Å². The third kappa shape index (κ3) is 4.98. The minimum absolute atomic E-state index is 0.341. The van der Waals surface area contributed by atoms with Crippen molar-refractivity contribution in [3.63, 3.8) is 0 Å². The molecule has 1 aromatic rings. The first kappa shape index (κ1) is 13.0. The van der Waals surface area contributed by atoms with E-state index < -0.39 is 0 Å². The largest absolute Gasteiger partial charge is 0.263 e. The van der Waals surface area contributed by atoms with Crippen molar-refractivity contribution in [2.24, 2.45) is 5.41 Å². The van der Waals surface area contributed by atoms with E-state index in [0.29, 0.717) is 10.2 Å². The fourth-order valence-corrected chi connectivity index (χ4v) is 3.06. The van der Waals surface area contributed by atoms with Crippen molar-refractivity contribution < 1.29 is 0 Å². The highest BCUT2D eigenvalue weighted by atomic mass is 79.9. The van der Waals surface area contributed by atoms with E-state index in [2.05, 4.69) is 41.7 Å². The predicted octanol–water partition coefficient (Wildman–Crippen LogP) is 4.48. The maximum Gasteiger partial charge on any atom is 0.0621 e. The van der Waals surface area contributed by atoms with Crippen molar-refractivity contribution in [2.45, 2.75) is 38.4 Å². The monoisotopic (exact) mass is 289 g/mol. The molecule has 3 heteroatoms. The molecule has 0 aliphatic heterocycles. The molecule has 0 aromatic carbocycles. The maximum absolute atomic E-state index is 6.06. The van der Waals surface area contributed by atoms with Gasteiger partial charge in [-0.15, -0.1) is 0 Å². The molecule has 84 valence electrons. The van der Waals surface area contributed by atoms with E-state index in [1.807, 2.05) is 6.07 Å². The first-order valence-corrected chi connectivity index (χ1v) is 6.40. The van der Waals surface area contributed by atoms with Crippen molar-refractivity contribution in [1.29, 1.82) is 0 Å². The molecule has 1 heterocycles. The molecule has 0 bridgehead atoms. The van der Waals surface area contributed by atoms with Crippen molar-refractivity contribution in [3.8, 4) is 0 Å². The minimum atomic E-state index is 0.341. The predicted molar refractivity (Wildman–Crippen MR) is 69.7 cm³/mol. The van der Waals surface area contributed by atoms with E-state index in [1.165, 1.54) is 0 Å². The third-order valence-corrected chi connectivity index (χ3v) is 3.12. The number of halogens is 2. The van der Waals surface area contributed by atoms with Gasteiger partial charge in [0.05, 0.1) is 5.02 Å². The Balaban J connectivity index is 2.59. The fraction of sp³-hybridized carbons (Fsp3) is 0.583. The molecule has 0 N–H and O–H groups in total. The second kappa shape index (κ2) is 5.31. The molecule has 1 atom stereocenters. The van der Waals surface area contributed by atoms with E-state index in [0.717, 1.165) is 23.4 Å². The summed E-state index contributed by atoms with van der Waals surface area (Å²) < 4.78 is 0. The van der Waals surface area contributed by atoms with Crippen LogP contribution in [-0.4, -0.2) is 9.81 Å². The molecule has 0 spiro atoms. The zero-order valence-corrected chi connectivity index (χ0v) is 11.8. The summed E-state index contributed by atoms with van der Waals surface area (Å²) in [4.78, 5) is 4.45. The molecule has 1 aromatic heterocycles. The SMILES string of the molecule is CC(C)(C)CC(Br)Cc1ccncc1Cl. The third-order valence-electron chi connectivity index (χ3n) is 2.13. The molecule has 1 nitrogen and oxygen atoms in total. The standard InChI is InChI=1S/C12H17BrClN/c1-12(2,3)7-10(13)6-9-4-5-15-8-11(9)14/h4-5,8,10H,6-7H2,1-3H3. The first-order chi connectivity index (χ1) is 6.88. The number of hydrogen-bond donors (Lipinski definition) is 0. The van der Waals surface area contributed by atoms with Crippen molar-refractivity contribution in [1.82, 2.24) is 4.98 Å². The molecular formula is C12H17BrClN. The summed E-state index contributed by atoms with van der Waals surface area (Å²) in [5.41, 5.74) is 1.51. The van der Waals surface area contributed by atoms with Crippen LogP contribution >= 0.6 is 27.5 Å². The number of pyridine rings is 1. The van der Waals surface area contributed by atoms with Crippen LogP contribution in [0, 0.1) is 5.41 Å². The molecule has 0 saturated carbocycles. The first-order valence-electron chi connectivity index (χ1n) is 5.11. The Morgan fingerprint density at radius 3 is 2.67 bits per heavy atom. The Morgan fingerprint density at radius 2 is 2.13 bits per heavy atom. The lowest BCUT2D eigenvalue weighted by Crippen LogP contribution is -2.15. The topological polar surface area (TPSA) is 12.9 Å². The van der Waals surface area contributed by atoms with Gasteiger partial charge in [-0.25, -0.2) is 0 Å². The van der Waals surface area contributed by atoms with Crippen molar-refractivity contribution in [3.05, 3.63) is 29.0 Å². The van der Waals surface area contributed by atoms with Gasteiger partial charge in [-0.2, -0.15) is 0 Å². The highest BCUT2D eigenvalue weighted by Gasteiger charge is 2.17. The summed E-state index contributed by atoms with van der Waals surface area (Å²) in [6.45, 7) is 6.74. The lowest BCUT2D eigenvalue weighted by atomic mass is 9.89. The summed E-state index contributed by atoms with van der Waals surface area (Å²) in [5, 5.41) is 0.760. The zero-order valence-electron chi connectivity index (χ0n) is 9.43. The lowest BCUT2D eigenvalue weighted by Gasteiger charge is -2.22. The number of alkyl halides is 1. The van der Waals surface area contributed by atoms with Gasteiger partial charge in [0.15, 0.2) is 0 Å². The summed E-state index contributed by atoms with van der Waals surface area (Å²) in [6, 6.07) is 1.99. The summed E-state index contributed by atoms with van der Waals surface area (Å²) in [6.07, 6.45) is 5.58. The molecule has 0 amide bonds. The normalized spacial score (nSPS) is 13.9. The van der Waals surface area contributed by atoms with Crippen molar-refractivity contribution in [2.75, 3.05) is 0 Å². The smallest absolute Gasteiger partial charge is 0.0621 e. The highest BCUT2D eigenvalue weighted by molar-refractivity contribution is 9.09. The van der Waals surface area contributed by atoms with Crippen molar-refractivity contribution >= 4 is 27.5 Å². The van der Waals surface area contributed by atoms with Crippen LogP contribution in [0.3, 0.4) is 0 Å². The van der Waals surface area contributed by atoms with Gasteiger partial charge in [0.25, 0.3) is 0 Å². The summed E-state index contributed by atoms with van der Waals surface area (Å²) in [5.74, 6) is 0. The van der Waals surface area contributed by atoms with Gasteiger partial charge in [-0.3, -0.25) is 4.98 Å². The van der Waals surface area contributed by atoms with E-state index in [1.54, 1.807) is 12.4 Å². The molecule has 0 radical (unpaired) electrons. The average Bonchev–Trinajstić information content (AvgIpc) is 2.05. The van der Waals surface area contributed by atoms with Crippen LogP contribution in [0.4, 0.5) is 0 Å². The lowest BCUT2D eigenvalue weighted by molar-refractivity contribution is 0.373. The molecule has 0 fully saturated rings. The van der Waals surface area contributed by atoms with Gasteiger partial charge in [-0.05, 0) is 29.9 Å². The van der Waals surface area contributed by atoms with Crippen LogP contribution in [0.1, 0.15) is 32.8 Å². The number of rotatable bonds is 3. The quantitative estimate of drug-likeness (QED) is 0.748. The van der Waals surface area contributed by atoms with Gasteiger partial charge in [-0.1, -0.05) is 48.3 Å². The van der Waals surface area contributed by atoms with Gasteiger partial charge >= 0.3 is 0 Å². The Hall–Kier alpha value is -0.0800. The van der Waals surface area contributed by atoms with Crippen LogP contribution < -0.4 is 0 Å². The average molecular weight is 291 g/mol. The van der Waals surface area contributed by atoms with Gasteiger partial charge in [0.2, 0.25) is 0 Å². The number of hydrogen-bond acceptors (Lipinski definition) is 1. The second-order valence-corrected chi connectivity index (χ2v) is 6.74. The molecular weight excluding hydrogens is 273 g/mol. The zero-order chi connectivity index (χ0) is 11.5. The second-order valence-electron chi connectivity index (χ2n) is 5.03. The van der Waals surface area contributed by atoms with Gasteiger partial charge < -0.3 is 0 Å².